The summed E-state index contributed by atoms with van der Waals surface area (Å²) in [7, 11) is 3.19. The highest BCUT2D eigenvalue weighted by atomic mass is 16.8. The predicted octanol–water partition coefficient (Wildman–Crippen LogP) is 7.72. The van der Waals surface area contributed by atoms with Crippen molar-refractivity contribution in [1.82, 2.24) is 0 Å². The Hall–Kier alpha value is -1.50. The average molecular weight is 617 g/mol. The average Bonchev–Trinajstić information content (AvgIpc) is 3.52. The zero-order chi connectivity index (χ0) is 31.7. The largest absolute Gasteiger partial charge is 0.378 e. The minimum Gasteiger partial charge on any atom is -0.378 e. The molecule has 7 nitrogen and oxygen atoms in total. The van der Waals surface area contributed by atoms with Crippen LogP contribution in [0.1, 0.15) is 123 Å². The summed E-state index contributed by atoms with van der Waals surface area (Å²) < 4.78 is 36.4. The van der Waals surface area contributed by atoms with Crippen molar-refractivity contribution in [3.8, 4) is 11.8 Å². The fourth-order valence-electron chi connectivity index (χ4n) is 6.13. The number of hydrogen-bond donors (Lipinski definition) is 1. The molecule has 44 heavy (non-hydrogen) atoms. The maximum absolute atomic E-state index is 10.9. The van der Waals surface area contributed by atoms with Crippen molar-refractivity contribution in [1.29, 1.82) is 0 Å². The third kappa shape index (κ3) is 11.7. The van der Waals surface area contributed by atoms with Crippen LogP contribution in [-0.2, 0) is 35.0 Å². The van der Waals surface area contributed by atoms with E-state index >= 15 is 0 Å². The monoisotopic (exact) mass is 616 g/mol. The molecule has 0 aliphatic carbocycles. The Labute approximate surface area is 267 Å². The van der Waals surface area contributed by atoms with Gasteiger partial charge in [0.25, 0.3) is 0 Å². The van der Waals surface area contributed by atoms with Gasteiger partial charge >= 0.3 is 0 Å². The van der Waals surface area contributed by atoms with Gasteiger partial charge in [0.15, 0.2) is 0 Å². The molecule has 2 heterocycles. The van der Waals surface area contributed by atoms with Crippen LogP contribution in [-0.4, -0.2) is 68.0 Å². The molecular weight excluding hydrogens is 556 g/mol. The van der Waals surface area contributed by atoms with E-state index in [2.05, 4.69) is 30.9 Å². The van der Waals surface area contributed by atoms with E-state index in [1.165, 1.54) is 56.9 Å². The number of ether oxygens (including phenoxy) is 6. The number of hydrogen-bond acceptors (Lipinski definition) is 7. The molecule has 3 rings (SSSR count). The smallest absolute Gasteiger partial charge is 0.221 e. The van der Waals surface area contributed by atoms with E-state index in [9.17, 15) is 5.11 Å². The van der Waals surface area contributed by atoms with E-state index in [1.807, 2.05) is 32.0 Å². The summed E-state index contributed by atoms with van der Waals surface area (Å²) in [5.41, 5.74) is 1.18. The Morgan fingerprint density at radius 2 is 1.48 bits per heavy atom. The van der Waals surface area contributed by atoms with Crippen LogP contribution in [0.25, 0.3) is 0 Å². The van der Waals surface area contributed by atoms with Gasteiger partial charge in [-0.3, -0.25) is 0 Å². The zero-order valence-electron chi connectivity index (χ0n) is 28.2. The van der Waals surface area contributed by atoms with Gasteiger partial charge < -0.3 is 33.5 Å². The molecule has 1 aromatic rings. The third-order valence-corrected chi connectivity index (χ3v) is 9.30. The second-order valence-electron chi connectivity index (χ2n) is 12.8. The lowest BCUT2D eigenvalue weighted by molar-refractivity contribution is -0.441. The van der Waals surface area contributed by atoms with Gasteiger partial charge in [-0.05, 0) is 51.5 Å². The molecular formula is C37H60O7. The van der Waals surface area contributed by atoms with Crippen LogP contribution in [0.2, 0.25) is 0 Å². The summed E-state index contributed by atoms with van der Waals surface area (Å²) in [6.45, 7) is 7.24. The molecule has 1 aromatic carbocycles. The lowest BCUT2D eigenvalue weighted by atomic mass is 9.98. The Balaban J connectivity index is 1.45. The third-order valence-electron chi connectivity index (χ3n) is 9.30. The van der Waals surface area contributed by atoms with E-state index < -0.39 is 23.8 Å². The van der Waals surface area contributed by atoms with Gasteiger partial charge in [0.1, 0.15) is 12.2 Å². The lowest BCUT2D eigenvalue weighted by Crippen LogP contribution is -2.65. The van der Waals surface area contributed by atoms with Crippen LogP contribution in [0.5, 0.6) is 0 Å². The molecule has 2 fully saturated rings. The quantitative estimate of drug-likeness (QED) is 0.119. The van der Waals surface area contributed by atoms with Gasteiger partial charge in [0.05, 0.1) is 24.9 Å². The molecule has 0 radical (unpaired) electrons. The molecule has 2 aliphatic rings. The van der Waals surface area contributed by atoms with Crippen molar-refractivity contribution in [3.63, 3.8) is 0 Å². The Kier molecular flexibility index (Phi) is 16.7. The number of methoxy groups -OCH3 is 2. The topological polar surface area (TPSA) is 75.6 Å². The molecule has 1 unspecified atom stereocenters. The summed E-state index contributed by atoms with van der Waals surface area (Å²) >= 11 is 0. The highest BCUT2D eigenvalue weighted by Crippen LogP contribution is 2.40. The van der Waals surface area contributed by atoms with Gasteiger partial charge in [-0.15, -0.1) is 0 Å². The van der Waals surface area contributed by atoms with Crippen LogP contribution >= 0.6 is 0 Å². The van der Waals surface area contributed by atoms with E-state index in [0.29, 0.717) is 13.2 Å². The van der Waals surface area contributed by atoms with Crippen LogP contribution in [0.4, 0.5) is 0 Å². The molecule has 0 bridgehead atoms. The van der Waals surface area contributed by atoms with E-state index in [1.54, 1.807) is 14.2 Å². The fourth-order valence-corrected chi connectivity index (χ4v) is 6.13. The van der Waals surface area contributed by atoms with Gasteiger partial charge in [-0.1, -0.05) is 113 Å². The fraction of sp³-hybridized carbons (Fsp3) is 0.784. The van der Waals surface area contributed by atoms with Gasteiger partial charge in [0.2, 0.25) is 11.6 Å². The van der Waals surface area contributed by atoms with Crippen LogP contribution in [0.15, 0.2) is 30.3 Å². The SMILES string of the molecule is CCCCCCCCCCCC[C@@H]1O[C@@](C)(OC)[C@](C)(OC)O[C@@H]1C#CC(O)[C@@H]1CC[C@@H](CCCOCc2ccccc2)O1. The number of aliphatic hydroxyl groups is 1. The van der Waals surface area contributed by atoms with Crippen LogP contribution in [0, 0.1) is 11.8 Å². The first-order chi connectivity index (χ1) is 21.3. The predicted molar refractivity (Wildman–Crippen MR) is 174 cm³/mol. The summed E-state index contributed by atoms with van der Waals surface area (Å²) in [6.07, 6.45) is 15.2. The number of aliphatic hydroxyl groups excluding tert-OH is 1. The first-order valence-electron chi connectivity index (χ1n) is 17.3. The Morgan fingerprint density at radius 1 is 0.841 bits per heavy atom. The van der Waals surface area contributed by atoms with Crippen molar-refractivity contribution in [2.24, 2.45) is 0 Å². The number of rotatable bonds is 20. The van der Waals surface area contributed by atoms with Gasteiger partial charge in [-0.25, -0.2) is 0 Å². The van der Waals surface area contributed by atoms with Gasteiger partial charge in [-0.2, -0.15) is 0 Å². The summed E-state index contributed by atoms with van der Waals surface area (Å²) in [5.74, 6) is 4.02. The van der Waals surface area contributed by atoms with Crippen molar-refractivity contribution >= 4 is 0 Å². The second-order valence-corrected chi connectivity index (χ2v) is 12.8. The molecule has 250 valence electrons. The van der Waals surface area contributed by atoms with Crippen molar-refractivity contribution in [3.05, 3.63) is 35.9 Å². The molecule has 2 saturated heterocycles. The standard InChI is InChI=1S/C37H60O7/c1-6-7-8-9-10-11-12-13-14-18-23-34-35(44-37(3,40-5)36(2,39-4)43-34)27-25-32(38)33-26-24-31(42-33)22-19-28-41-29-30-20-16-15-17-21-30/h15-17,20-21,31-35,38H,6-14,18-19,22-24,26,28-29H2,1-5H3/t31-,32?,33+,34+,35-,36-,37-/m1/s1. The highest BCUT2D eigenvalue weighted by Gasteiger charge is 2.56. The first-order valence-corrected chi connectivity index (χ1v) is 17.3. The molecule has 0 amide bonds. The van der Waals surface area contributed by atoms with E-state index in [-0.39, 0.29) is 18.3 Å². The maximum Gasteiger partial charge on any atom is 0.221 e. The molecule has 7 heteroatoms. The highest BCUT2D eigenvalue weighted by molar-refractivity contribution is 5.16. The molecule has 0 aromatic heterocycles. The lowest BCUT2D eigenvalue weighted by Gasteiger charge is -2.51. The second kappa shape index (κ2) is 19.9. The Morgan fingerprint density at radius 3 is 2.14 bits per heavy atom. The number of benzene rings is 1. The van der Waals surface area contributed by atoms with Crippen molar-refractivity contribution < 1.29 is 33.5 Å². The van der Waals surface area contributed by atoms with Crippen LogP contribution < -0.4 is 0 Å². The molecule has 7 atom stereocenters. The van der Waals surface area contributed by atoms with Crippen molar-refractivity contribution in [2.75, 3.05) is 20.8 Å². The normalized spacial score (nSPS) is 29.3. The molecule has 0 spiro atoms. The molecule has 0 saturated carbocycles. The van der Waals surface area contributed by atoms with Crippen molar-refractivity contribution in [2.45, 2.75) is 166 Å². The maximum atomic E-state index is 10.9. The minimum atomic E-state index is -1.14. The zero-order valence-corrected chi connectivity index (χ0v) is 28.2. The van der Waals surface area contributed by atoms with Crippen LogP contribution in [0.3, 0.4) is 0 Å². The van der Waals surface area contributed by atoms with E-state index in [4.69, 9.17) is 28.4 Å². The first kappa shape index (κ1) is 37.0. The minimum absolute atomic E-state index is 0.120. The molecule has 1 N–H and O–H groups in total. The summed E-state index contributed by atoms with van der Waals surface area (Å²) in [6, 6.07) is 10.2. The molecule has 2 aliphatic heterocycles. The van der Waals surface area contributed by atoms with Gasteiger partial charge in [0, 0.05) is 20.8 Å². The summed E-state index contributed by atoms with van der Waals surface area (Å²) in [4.78, 5) is 0. The summed E-state index contributed by atoms with van der Waals surface area (Å²) in [5, 5.41) is 10.9. The Bertz CT molecular complexity index is 962. The van der Waals surface area contributed by atoms with E-state index in [0.717, 1.165) is 44.9 Å². The number of unbranched alkanes of at least 4 members (excludes halogenated alkanes) is 9.